The zero-order chi connectivity index (χ0) is 17.4. The van der Waals surface area contributed by atoms with Gasteiger partial charge in [-0.3, -0.25) is 0 Å². The van der Waals surface area contributed by atoms with Crippen molar-refractivity contribution in [1.82, 2.24) is 0 Å². The third-order valence-electron chi connectivity index (χ3n) is 5.29. The second-order valence-corrected chi connectivity index (χ2v) is 7.80. The summed E-state index contributed by atoms with van der Waals surface area (Å²) in [6.07, 6.45) is 0. The predicted octanol–water partition coefficient (Wildman–Crippen LogP) is 7.13. The van der Waals surface area contributed by atoms with Gasteiger partial charge in [-0.2, -0.15) is 0 Å². The van der Waals surface area contributed by atoms with E-state index in [1.165, 1.54) is 27.1 Å². The molecule has 1 nitrogen and oxygen atoms in total. The van der Waals surface area contributed by atoms with E-state index in [1.807, 2.05) is 12.1 Å². The lowest BCUT2D eigenvalue weighted by atomic mass is 10.0. The van der Waals surface area contributed by atoms with Crippen LogP contribution in [0.5, 0.6) is 0 Å². The second kappa shape index (κ2) is 4.83. The summed E-state index contributed by atoms with van der Waals surface area (Å²) in [4.78, 5) is 0. The Labute approximate surface area is 151 Å². The van der Waals surface area contributed by atoms with Crippen LogP contribution in [0, 0.1) is 22.7 Å². The van der Waals surface area contributed by atoms with E-state index in [0.717, 1.165) is 31.7 Å². The Bertz CT molecular complexity index is 1440. The molecule has 0 N–H and O–H groups in total. The zero-order valence-electron chi connectivity index (χ0n) is 14.0. The molecule has 2 aliphatic heterocycles. The first-order chi connectivity index (χ1) is 12.7. The number of halogens is 1. The zero-order valence-corrected chi connectivity index (χ0v) is 14.8. The topological polar surface area (TPSA) is 13.1 Å². The van der Waals surface area contributed by atoms with Gasteiger partial charge in [0.2, 0.25) is 0 Å². The number of benzene rings is 4. The molecule has 0 saturated carbocycles. The molecule has 3 heteroatoms. The average Bonchev–Trinajstić information content (AvgIpc) is 2.68. The lowest BCUT2D eigenvalue weighted by Gasteiger charge is -2.12. The van der Waals surface area contributed by atoms with Gasteiger partial charge in [0.05, 0.1) is 4.53 Å². The van der Waals surface area contributed by atoms with Gasteiger partial charge in [-0.1, -0.05) is 42.5 Å². The highest BCUT2D eigenvalue weighted by Crippen LogP contribution is 2.38. The van der Waals surface area contributed by atoms with Crippen molar-refractivity contribution in [3.05, 3.63) is 82.0 Å². The van der Waals surface area contributed by atoms with E-state index >= 15 is 0 Å². The molecule has 0 aliphatic carbocycles. The van der Waals surface area contributed by atoms with E-state index in [0.29, 0.717) is 5.39 Å². The average molecular weight is 356 g/mol. The summed E-state index contributed by atoms with van der Waals surface area (Å²) in [5.74, 6) is -0.211. The minimum absolute atomic E-state index is 0.211. The molecular weight excluding hydrogens is 343 g/mol. The van der Waals surface area contributed by atoms with Crippen molar-refractivity contribution in [3.63, 3.8) is 0 Å². The molecule has 0 atom stereocenters. The number of hydrogen-bond acceptors (Lipinski definition) is 2. The van der Waals surface area contributed by atoms with Gasteiger partial charge in [0.25, 0.3) is 0 Å². The van der Waals surface area contributed by atoms with Crippen molar-refractivity contribution in [2.45, 2.75) is 6.92 Å². The fourth-order valence-corrected chi connectivity index (χ4v) is 5.28. The summed E-state index contributed by atoms with van der Waals surface area (Å²) in [5, 5.41) is 6.13. The van der Waals surface area contributed by atoms with Crippen LogP contribution < -0.4 is 0 Å². The van der Waals surface area contributed by atoms with Crippen molar-refractivity contribution in [3.8, 4) is 0 Å². The first-order valence-electron chi connectivity index (χ1n) is 8.56. The van der Waals surface area contributed by atoms with Gasteiger partial charge >= 0.3 is 0 Å². The summed E-state index contributed by atoms with van der Waals surface area (Å²) in [7, 11) is 0. The standard InChI is InChI=1S/C23H13FOS/c1-12-8-11-19-21-13(12)4-2-6-15(21)22-23(26-19)16-7-3-5-14-17(24)9-10-18(25-22)20(14)16/h2-11H,1H3. The van der Waals surface area contributed by atoms with E-state index in [1.54, 1.807) is 17.4 Å². The maximum atomic E-state index is 14.3. The fraction of sp³-hybridized carbons (Fsp3) is 0.0435. The van der Waals surface area contributed by atoms with E-state index in [2.05, 4.69) is 43.3 Å². The molecule has 0 fully saturated rings. The third kappa shape index (κ3) is 1.68. The van der Waals surface area contributed by atoms with Gasteiger partial charge < -0.3 is 4.42 Å². The highest BCUT2D eigenvalue weighted by Gasteiger charge is 2.14. The molecule has 0 saturated heterocycles. The summed E-state index contributed by atoms with van der Waals surface area (Å²) >= 11 is 1.72. The van der Waals surface area contributed by atoms with Crippen molar-refractivity contribution < 1.29 is 8.81 Å². The molecule has 0 amide bonds. The molecule has 0 bridgehead atoms. The molecule has 124 valence electrons. The van der Waals surface area contributed by atoms with Crippen LogP contribution in [-0.2, 0) is 0 Å². The number of aryl methyl sites for hydroxylation is 1. The van der Waals surface area contributed by atoms with Crippen LogP contribution in [0.4, 0.5) is 4.39 Å². The number of rotatable bonds is 0. The highest BCUT2D eigenvalue weighted by atomic mass is 32.1. The fourth-order valence-electron chi connectivity index (χ4n) is 4.07. The van der Waals surface area contributed by atoms with Crippen LogP contribution in [0.1, 0.15) is 5.56 Å². The molecule has 26 heavy (non-hydrogen) atoms. The minimum atomic E-state index is -0.211. The van der Waals surface area contributed by atoms with Gasteiger partial charge in [-0.15, -0.1) is 11.3 Å². The third-order valence-corrected chi connectivity index (χ3v) is 6.46. The van der Waals surface area contributed by atoms with Crippen molar-refractivity contribution in [2.75, 3.05) is 0 Å². The van der Waals surface area contributed by atoms with Crippen LogP contribution in [-0.4, -0.2) is 0 Å². The predicted molar refractivity (Wildman–Crippen MR) is 107 cm³/mol. The Hall–Kier alpha value is -2.91. The molecule has 4 aromatic rings. The molecule has 0 aromatic heterocycles. The van der Waals surface area contributed by atoms with Gasteiger partial charge in [0.1, 0.15) is 11.4 Å². The van der Waals surface area contributed by atoms with Gasteiger partial charge in [0, 0.05) is 31.6 Å². The van der Waals surface area contributed by atoms with Crippen LogP contribution in [0.3, 0.4) is 0 Å². The monoisotopic (exact) mass is 356 g/mol. The van der Waals surface area contributed by atoms with E-state index < -0.39 is 0 Å². The van der Waals surface area contributed by atoms with E-state index in [4.69, 9.17) is 4.42 Å². The quantitative estimate of drug-likeness (QED) is 0.282. The van der Waals surface area contributed by atoms with Gasteiger partial charge in [-0.25, -0.2) is 4.39 Å². The summed E-state index contributed by atoms with van der Waals surface area (Å²) < 4.78 is 23.0. The van der Waals surface area contributed by atoms with E-state index in [-0.39, 0.29) is 5.82 Å². The first-order valence-corrected chi connectivity index (χ1v) is 9.38. The molecule has 6 rings (SSSR count). The van der Waals surface area contributed by atoms with E-state index in [9.17, 15) is 4.39 Å². The molecule has 0 spiro atoms. The smallest absolute Gasteiger partial charge is 0.153 e. The second-order valence-electron chi connectivity index (χ2n) is 6.74. The first kappa shape index (κ1) is 14.3. The highest BCUT2D eigenvalue weighted by molar-refractivity contribution is 7.17. The maximum Gasteiger partial charge on any atom is 0.153 e. The number of hydrogen-bond donors (Lipinski definition) is 0. The summed E-state index contributed by atoms with van der Waals surface area (Å²) in [6.45, 7) is 2.14. The SMILES string of the molecule is Cc1ccc2sc3c4cccc5c(F)ccc(oc=3c3cccc1c23)c54. The largest absolute Gasteiger partial charge is 0.455 e. The van der Waals surface area contributed by atoms with Crippen LogP contribution in [0.2, 0.25) is 0 Å². The van der Waals surface area contributed by atoms with Crippen molar-refractivity contribution in [2.24, 2.45) is 0 Å². The lowest BCUT2D eigenvalue weighted by molar-refractivity contribution is 0.577. The summed E-state index contributed by atoms with van der Waals surface area (Å²) in [5.41, 5.74) is 2.87. The minimum Gasteiger partial charge on any atom is -0.455 e. The Morgan fingerprint density at radius 3 is 2.42 bits per heavy atom. The maximum absolute atomic E-state index is 14.3. The molecule has 2 aliphatic rings. The molecule has 0 unspecified atom stereocenters. The van der Waals surface area contributed by atoms with Crippen LogP contribution >= 0.6 is 11.3 Å². The van der Waals surface area contributed by atoms with Crippen LogP contribution in [0.15, 0.2) is 65.1 Å². The van der Waals surface area contributed by atoms with Crippen LogP contribution in [0.25, 0.3) is 42.6 Å². The molecule has 4 aromatic carbocycles. The normalized spacial score (nSPS) is 12.2. The Kier molecular flexibility index (Phi) is 2.65. The van der Waals surface area contributed by atoms with Gasteiger partial charge in [0.15, 0.2) is 5.42 Å². The Balaban J connectivity index is 2.04. The Morgan fingerprint density at radius 2 is 1.54 bits per heavy atom. The van der Waals surface area contributed by atoms with Gasteiger partial charge in [-0.05, 0) is 36.1 Å². The number of fused-ring (bicyclic) bond motifs is 2. The summed E-state index contributed by atoms with van der Waals surface area (Å²) in [6, 6.07) is 19.7. The molecule has 2 heterocycles. The Morgan fingerprint density at radius 1 is 0.769 bits per heavy atom. The molecular formula is C23H13FOS. The van der Waals surface area contributed by atoms with Crippen molar-refractivity contribution >= 4 is 53.9 Å². The molecule has 0 radical (unpaired) electrons. The lowest BCUT2D eigenvalue weighted by Crippen LogP contribution is -1.89. The van der Waals surface area contributed by atoms with Crippen molar-refractivity contribution in [1.29, 1.82) is 0 Å².